The number of ether oxygens (including phenoxy) is 2. The Labute approximate surface area is 154 Å². The van der Waals surface area contributed by atoms with E-state index < -0.39 is 14.4 Å². The van der Waals surface area contributed by atoms with Gasteiger partial charge in [0.2, 0.25) is 0 Å². The van der Waals surface area contributed by atoms with Gasteiger partial charge in [-0.1, -0.05) is 20.8 Å². The van der Waals surface area contributed by atoms with Crippen LogP contribution in [0.25, 0.3) is 10.9 Å². The van der Waals surface area contributed by atoms with Crippen molar-refractivity contribution in [1.82, 2.24) is 4.98 Å². The molecule has 0 bridgehead atoms. The van der Waals surface area contributed by atoms with Gasteiger partial charge in [0.25, 0.3) is 0 Å². The van der Waals surface area contributed by atoms with E-state index >= 15 is 0 Å². The minimum Gasteiger partial charge on any atom is -0.493 e. The van der Waals surface area contributed by atoms with Gasteiger partial charge in [-0.2, -0.15) is 5.26 Å². The first-order valence-corrected chi connectivity index (χ1v) is 11.3. The van der Waals surface area contributed by atoms with Crippen molar-refractivity contribution in [2.24, 2.45) is 0 Å². The Bertz CT molecular complexity index is 907. The van der Waals surface area contributed by atoms with Gasteiger partial charge in [0.15, 0.2) is 31.3 Å². The lowest BCUT2D eigenvalue weighted by Crippen LogP contribution is -2.41. The first kappa shape index (κ1) is 20.0. The summed E-state index contributed by atoms with van der Waals surface area (Å²) >= 11 is 0. The molecule has 0 fully saturated rings. The highest BCUT2D eigenvalue weighted by molar-refractivity contribution is 6.74. The summed E-state index contributed by atoms with van der Waals surface area (Å²) < 4.78 is 17.1. The summed E-state index contributed by atoms with van der Waals surface area (Å²) in [5, 5.41) is 10.1. The minimum atomic E-state index is -2.23. The number of pyridine rings is 1. The smallest absolute Gasteiger partial charge is 0.194 e. The second-order valence-corrected chi connectivity index (χ2v) is 12.4. The average Bonchev–Trinajstić information content (AvgIpc) is 2.57. The Morgan fingerprint density at radius 3 is 2.38 bits per heavy atom. The Morgan fingerprint density at radius 2 is 1.88 bits per heavy atom. The van der Waals surface area contributed by atoms with Crippen molar-refractivity contribution in [3.63, 3.8) is 0 Å². The van der Waals surface area contributed by atoms with Gasteiger partial charge in [0.1, 0.15) is 0 Å². The van der Waals surface area contributed by atoms with Crippen LogP contribution in [0.15, 0.2) is 23.1 Å². The fourth-order valence-electron chi connectivity index (χ4n) is 2.54. The van der Waals surface area contributed by atoms with Crippen molar-refractivity contribution in [3.8, 4) is 17.6 Å². The molecule has 1 aromatic carbocycles. The summed E-state index contributed by atoms with van der Waals surface area (Å²) in [5.74, 6) is 0.865. The quantitative estimate of drug-likeness (QED) is 0.795. The van der Waals surface area contributed by atoms with E-state index in [2.05, 4.69) is 44.9 Å². The number of methoxy groups -OCH3 is 2. The third-order valence-electron chi connectivity index (χ3n) is 5.03. The summed E-state index contributed by atoms with van der Waals surface area (Å²) in [4.78, 5) is 15.6. The molecule has 6 nitrogen and oxygen atoms in total. The van der Waals surface area contributed by atoms with Crippen LogP contribution >= 0.6 is 0 Å². The van der Waals surface area contributed by atoms with Gasteiger partial charge in [-0.05, 0) is 24.2 Å². The Balaban J connectivity index is 2.76. The van der Waals surface area contributed by atoms with Crippen LogP contribution in [0.3, 0.4) is 0 Å². The molecule has 0 amide bonds. The number of nitrogens with zero attached hydrogens (tertiary/aromatic N) is 1. The van der Waals surface area contributed by atoms with E-state index in [1.54, 1.807) is 12.3 Å². The van der Waals surface area contributed by atoms with E-state index in [1.165, 1.54) is 20.3 Å². The van der Waals surface area contributed by atoms with Crippen LogP contribution < -0.4 is 14.9 Å². The van der Waals surface area contributed by atoms with Crippen LogP contribution in [0, 0.1) is 11.3 Å². The Morgan fingerprint density at radius 1 is 1.23 bits per heavy atom. The number of nitrogens with one attached hydrogen (secondary N) is 1. The standard InChI is InChI=1S/C19H26N2O4Si/c1-19(2,3)26(6,7)25-15(11-20)12-10-14(23-4)18(24-5)17-16(12)13(22)8-9-21-17/h8-10,15H,1-7H3,(H,21,22). The number of hydrogen-bond donors (Lipinski definition) is 1. The molecule has 1 unspecified atom stereocenters. The number of H-pyrrole nitrogens is 1. The minimum absolute atomic E-state index is 0.0686. The van der Waals surface area contributed by atoms with Crippen LogP contribution in [0.2, 0.25) is 18.1 Å². The highest BCUT2D eigenvalue weighted by atomic mass is 28.4. The van der Waals surface area contributed by atoms with Crippen molar-refractivity contribution in [2.45, 2.75) is 45.0 Å². The largest absolute Gasteiger partial charge is 0.493 e. The lowest BCUT2D eigenvalue weighted by atomic mass is 10.0. The third kappa shape index (κ3) is 3.48. The molecule has 1 aromatic heterocycles. The van der Waals surface area contributed by atoms with Gasteiger partial charge in [-0.25, -0.2) is 0 Å². The van der Waals surface area contributed by atoms with Crippen LogP contribution in [-0.4, -0.2) is 27.5 Å². The van der Waals surface area contributed by atoms with E-state index in [0.717, 1.165) is 0 Å². The number of benzene rings is 1. The lowest BCUT2D eigenvalue weighted by molar-refractivity contribution is 0.236. The monoisotopic (exact) mass is 374 g/mol. The number of fused-ring (bicyclic) bond motifs is 1. The molecule has 2 rings (SSSR count). The second kappa shape index (κ2) is 7.14. The summed E-state index contributed by atoms with van der Waals surface area (Å²) in [6.07, 6.45) is 0.675. The molecule has 1 heterocycles. The number of rotatable bonds is 5. The SMILES string of the molecule is COc1cc(C(C#N)O[Si](C)(C)C(C)(C)C)c2c(=O)cc[nH]c2c1OC. The average molecular weight is 375 g/mol. The molecule has 0 saturated heterocycles. The second-order valence-electron chi connectivity index (χ2n) is 7.68. The first-order valence-electron chi connectivity index (χ1n) is 8.41. The number of aromatic amines is 1. The molecule has 0 radical (unpaired) electrons. The van der Waals surface area contributed by atoms with Crippen molar-refractivity contribution in [1.29, 1.82) is 5.26 Å². The molecular weight excluding hydrogens is 348 g/mol. The van der Waals surface area contributed by atoms with Gasteiger partial charge >= 0.3 is 0 Å². The lowest BCUT2D eigenvalue weighted by Gasteiger charge is -2.37. The van der Waals surface area contributed by atoms with Crippen molar-refractivity contribution >= 4 is 19.2 Å². The molecule has 0 spiro atoms. The highest BCUT2D eigenvalue weighted by Crippen LogP contribution is 2.42. The molecule has 7 heteroatoms. The number of aromatic nitrogens is 1. The third-order valence-corrected chi connectivity index (χ3v) is 9.46. The predicted molar refractivity (Wildman–Crippen MR) is 104 cm³/mol. The van der Waals surface area contributed by atoms with E-state index in [1.807, 2.05) is 0 Å². The number of hydrogen-bond acceptors (Lipinski definition) is 5. The zero-order chi connectivity index (χ0) is 19.7. The van der Waals surface area contributed by atoms with Crippen LogP contribution in [0.1, 0.15) is 32.4 Å². The fraction of sp³-hybridized carbons (Fsp3) is 0.474. The summed E-state index contributed by atoms with van der Waals surface area (Å²) in [7, 11) is 0.796. The molecule has 1 atom stereocenters. The van der Waals surface area contributed by atoms with Crippen molar-refractivity contribution in [2.75, 3.05) is 14.2 Å². The van der Waals surface area contributed by atoms with Crippen LogP contribution in [-0.2, 0) is 4.43 Å². The fourth-order valence-corrected chi connectivity index (χ4v) is 3.66. The van der Waals surface area contributed by atoms with Crippen LogP contribution in [0.5, 0.6) is 11.5 Å². The Hall–Kier alpha value is -2.30. The maximum atomic E-state index is 12.6. The maximum Gasteiger partial charge on any atom is 0.194 e. The van der Waals surface area contributed by atoms with E-state index in [9.17, 15) is 10.1 Å². The van der Waals surface area contributed by atoms with E-state index in [-0.39, 0.29) is 10.5 Å². The number of nitriles is 1. The van der Waals surface area contributed by atoms with Gasteiger partial charge in [-0.15, -0.1) is 0 Å². The predicted octanol–water partition coefficient (Wildman–Crippen LogP) is 4.13. The zero-order valence-electron chi connectivity index (χ0n) is 16.4. The molecule has 0 aliphatic carbocycles. The summed E-state index contributed by atoms with van der Waals surface area (Å²) in [5.41, 5.74) is 0.786. The first-order chi connectivity index (χ1) is 12.1. The molecule has 1 N–H and O–H groups in total. The van der Waals surface area contributed by atoms with Crippen molar-refractivity contribution < 1.29 is 13.9 Å². The molecule has 140 valence electrons. The topological polar surface area (TPSA) is 84.3 Å². The molecule has 0 aliphatic heterocycles. The van der Waals surface area contributed by atoms with Crippen LogP contribution in [0.4, 0.5) is 0 Å². The molecule has 0 aliphatic rings. The molecule has 2 aromatic rings. The van der Waals surface area contributed by atoms with Gasteiger partial charge in [0, 0.05) is 17.8 Å². The van der Waals surface area contributed by atoms with Crippen molar-refractivity contribution in [3.05, 3.63) is 34.1 Å². The van der Waals surface area contributed by atoms with E-state index in [0.29, 0.717) is 28.0 Å². The van der Waals surface area contributed by atoms with Gasteiger partial charge in [0.05, 0.1) is 31.2 Å². The van der Waals surface area contributed by atoms with E-state index in [4.69, 9.17) is 13.9 Å². The van der Waals surface area contributed by atoms with Gasteiger partial charge in [-0.3, -0.25) is 4.79 Å². The molecular formula is C19H26N2O4Si. The molecule has 26 heavy (non-hydrogen) atoms. The highest BCUT2D eigenvalue weighted by Gasteiger charge is 2.40. The summed E-state index contributed by atoms with van der Waals surface area (Å²) in [6.45, 7) is 10.5. The maximum absolute atomic E-state index is 12.6. The zero-order valence-corrected chi connectivity index (χ0v) is 17.4. The Kier molecular flexibility index (Phi) is 5.49. The summed E-state index contributed by atoms with van der Waals surface area (Å²) in [6, 6.07) is 5.31. The van der Waals surface area contributed by atoms with Gasteiger partial charge < -0.3 is 18.9 Å². The molecule has 0 saturated carbocycles. The normalized spacial score (nSPS) is 13.3.